The summed E-state index contributed by atoms with van der Waals surface area (Å²) in [6.45, 7) is 7.40. The maximum Gasteiger partial charge on any atom is 0.00447 e. The predicted octanol–water partition coefficient (Wildman–Crippen LogP) is 3.66. The van der Waals surface area contributed by atoms with Gasteiger partial charge in [-0.3, -0.25) is 0 Å². The van der Waals surface area contributed by atoms with E-state index in [0.717, 1.165) is 13.0 Å². The van der Waals surface area contributed by atoms with Crippen LogP contribution in [0.1, 0.15) is 51.2 Å². The van der Waals surface area contributed by atoms with Crippen LogP contribution in [0.2, 0.25) is 0 Å². The summed E-state index contributed by atoms with van der Waals surface area (Å²) in [5.41, 5.74) is 8.83. The van der Waals surface area contributed by atoms with Crippen LogP contribution in [0.25, 0.3) is 0 Å². The quantitative estimate of drug-likeness (QED) is 0.776. The molecule has 1 rings (SSSR count). The van der Waals surface area contributed by atoms with Crippen molar-refractivity contribution < 1.29 is 0 Å². The Morgan fingerprint density at radius 1 is 1.12 bits per heavy atom. The molecule has 0 saturated heterocycles. The van der Waals surface area contributed by atoms with Crippen LogP contribution in [-0.2, 0) is 11.8 Å². The van der Waals surface area contributed by atoms with E-state index >= 15 is 0 Å². The molecular weight excluding hydrogens is 194 g/mol. The minimum atomic E-state index is 0.142. The summed E-state index contributed by atoms with van der Waals surface area (Å²) in [5.74, 6) is 0. The molecule has 0 saturated carbocycles. The molecule has 1 aromatic carbocycles. The van der Waals surface area contributed by atoms with Crippen LogP contribution in [-0.4, -0.2) is 6.54 Å². The minimum absolute atomic E-state index is 0.142. The van der Waals surface area contributed by atoms with Gasteiger partial charge in [0.15, 0.2) is 0 Å². The molecule has 1 unspecified atom stereocenters. The van der Waals surface area contributed by atoms with Crippen molar-refractivity contribution >= 4 is 0 Å². The molecule has 1 heteroatoms. The molecule has 2 N–H and O–H groups in total. The second kappa shape index (κ2) is 6.05. The zero-order chi connectivity index (χ0) is 12.0. The summed E-state index contributed by atoms with van der Waals surface area (Å²) in [7, 11) is 0. The Bertz CT molecular complexity index is 296. The van der Waals surface area contributed by atoms with Crippen molar-refractivity contribution in [2.75, 3.05) is 6.54 Å². The standard InChI is InChI=1S/C15H25N/c1-4-6-7-13-8-10-14(11-9-13)15(3,5-2)12-16/h8-11H,4-7,12,16H2,1-3H3. The Hall–Kier alpha value is -0.820. The molecule has 90 valence electrons. The molecule has 1 nitrogen and oxygen atoms in total. The van der Waals surface area contributed by atoms with E-state index in [9.17, 15) is 0 Å². The van der Waals surface area contributed by atoms with Crippen LogP contribution >= 0.6 is 0 Å². The van der Waals surface area contributed by atoms with Crippen LogP contribution in [0.3, 0.4) is 0 Å². The van der Waals surface area contributed by atoms with Crippen molar-refractivity contribution in [1.82, 2.24) is 0 Å². The molecule has 0 aliphatic heterocycles. The molecule has 0 radical (unpaired) electrons. The molecule has 0 aromatic heterocycles. The van der Waals surface area contributed by atoms with Gasteiger partial charge >= 0.3 is 0 Å². The summed E-state index contributed by atoms with van der Waals surface area (Å²) in [6, 6.07) is 9.02. The SMILES string of the molecule is CCCCc1ccc(C(C)(CC)CN)cc1. The van der Waals surface area contributed by atoms with Crippen LogP contribution in [0.15, 0.2) is 24.3 Å². The highest BCUT2D eigenvalue weighted by Crippen LogP contribution is 2.26. The maximum absolute atomic E-state index is 5.87. The molecule has 1 aromatic rings. The Morgan fingerprint density at radius 2 is 1.75 bits per heavy atom. The Labute approximate surface area is 100 Å². The molecule has 1 atom stereocenters. The molecule has 0 aliphatic rings. The van der Waals surface area contributed by atoms with Gasteiger partial charge in [-0.1, -0.05) is 51.5 Å². The largest absolute Gasteiger partial charge is 0.330 e. The average molecular weight is 219 g/mol. The van der Waals surface area contributed by atoms with Crippen molar-refractivity contribution in [2.45, 2.75) is 51.9 Å². The van der Waals surface area contributed by atoms with Gasteiger partial charge in [-0.2, -0.15) is 0 Å². The smallest absolute Gasteiger partial charge is 0.00447 e. The topological polar surface area (TPSA) is 26.0 Å². The van der Waals surface area contributed by atoms with E-state index in [1.165, 1.54) is 30.4 Å². The molecule has 0 spiro atoms. The molecule has 0 fully saturated rings. The highest BCUT2D eigenvalue weighted by Gasteiger charge is 2.22. The summed E-state index contributed by atoms with van der Waals surface area (Å²) in [6.07, 6.45) is 4.83. The minimum Gasteiger partial charge on any atom is -0.330 e. The number of benzene rings is 1. The van der Waals surface area contributed by atoms with E-state index in [1.807, 2.05) is 0 Å². The third kappa shape index (κ3) is 3.08. The van der Waals surface area contributed by atoms with Gasteiger partial charge in [0.2, 0.25) is 0 Å². The maximum atomic E-state index is 5.87. The van der Waals surface area contributed by atoms with Gasteiger partial charge in [0.1, 0.15) is 0 Å². The second-order valence-electron chi connectivity index (χ2n) is 4.92. The van der Waals surface area contributed by atoms with Crippen molar-refractivity contribution in [1.29, 1.82) is 0 Å². The first-order chi connectivity index (χ1) is 7.66. The monoisotopic (exact) mass is 219 g/mol. The van der Waals surface area contributed by atoms with Gasteiger partial charge in [-0.05, 0) is 30.4 Å². The van der Waals surface area contributed by atoms with Crippen molar-refractivity contribution in [3.05, 3.63) is 35.4 Å². The van der Waals surface area contributed by atoms with Crippen molar-refractivity contribution in [3.63, 3.8) is 0 Å². The molecular formula is C15H25N. The lowest BCUT2D eigenvalue weighted by atomic mass is 9.80. The fourth-order valence-electron chi connectivity index (χ4n) is 1.92. The van der Waals surface area contributed by atoms with E-state index in [2.05, 4.69) is 45.0 Å². The van der Waals surface area contributed by atoms with Gasteiger partial charge in [-0.15, -0.1) is 0 Å². The first-order valence-electron chi connectivity index (χ1n) is 6.45. The highest BCUT2D eigenvalue weighted by atomic mass is 14.6. The van der Waals surface area contributed by atoms with Gasteiger partial charge in [0, 0.05) is 12.0 Å². The van der Waals surface area contributed by atoms with Gasteiger partial charge < -0.3 is 5.73 Å². The third-order valence-electron chi connectivity index (χ3n) is 3.70. The lowest BCUT2D eigenvalue weighted by Crippen LogP contribution is -2.30. The van der Waals surface area contributed by atoms with Crippen molar-refractivity contribution in [2.24, 2.45) is 5.73 Å². The molecule has 16 heavy (non-hydrogen) atoms. The lowest BCUT2D eigenvalue weighted by Gasteiger charge is -2.27. The zero-order valence-electron chi connectivity index (χ0n) is 10.9. The van der Waals surface area contributed by atoms with E-state index in [4.69, 9.17) is 5.73 Å². The van der Waals surface area contributed by atoms with E-state index in [-0.39, 0.29) is 5.41 Å². The Morgan fingerprint density at radius 3 is 2.19 bits per heavy atom. The fraction of sp³-hybridized carbons (Fsp3) is 0.600. The lowest BCUT2D eigenvalue weighted by molar-refractivity contribution is 0.467. The number of rotatable bonds is 6. The number of unbranched alkanes of at least 4 members (excludes halogenated alkanes) is 1. The highest BCUT2D eigenvalue weighted by molar-refractivity contribution is 5.29. The normalized spacial score (nSPS) is 14.8. The molecule has 0 heterocycles. The van der Waals surface area contributed by atoms with Gasteiger partial charge in [0.25, 0.3) is 0 Å². The average Bonchev–Trinajstić information content (AvgIpc) is 2.36. The summed E-state index contributed by atoms with van der Waals surface area (Å²) in [4.78, 5) is 0. The van der Waals surface area contributed by atoms with Gasteiger partial charge in [-0.25, -0.2) is 0 Å². The van der Waals surface area contributed by atoms with Crippen molar-refractivity contribution in [3.8, 4) is 0 Å². The number of hydrogen-bond donors (Lipinski definition) is 1. The Balaban J connectivity index is 2.77. The summed E-state index contributed by atoms with van der Waals surface area (Å²) < 4.78 is 0. The zero-order valence-corrected chi connectivity index (χ0v) is 10.9. The van der Waals surface area contributed by atoms with Crippen LogP contribution < -0.4 is 5.73 Å². The van der Waals surface area contributed by atoms with Gasteiger partial charge in [0.05, 0.1) is 0 Å². The summed E-state index contributed by atoms with van der Waals surface area (Å²) >= 11 is 0. The fourth-order valence-corrected chi connectivity index (χ4v) is 1.92. The molecule has 0 bridgehead atoms. The molecule has 0 amide bonds. The van der Waals surface area contributed by atoms with Crippen LogP contribution in [0.5, 0.6) is 0 Å². The van der Waals surface area contributed by atoms with Crippen LogP contribution in [0, 0.1) is 0 Å². The first-order valence-corrected chi connectivity index (χ1v) is 6.45. The number of nitrogens with two attached hydrogens (primary N) is 1. The summed E-state index contributed by atoms with van der Waals surface area (Å²) in [5, 5.41) is 0. The third-order valence-corrected chi connectivity index (χ3v) is 3.70. The van der Waals surface area contributed by atoms with E-state index in [1.54, 1.807) is 0 Å². The van der Waals surface area contributed by atoms with E-state index in [0.29, 0.717) is 0 Å². The second-order valence-corrected chi connectivity index (χ2v) is 4.92. The predicted molar refractivity (Wildman–Crippen MR) is 71.8 cm³/mol. The van der Waals surface area contributed by atoms with Crippen LogP contribution in [0.4, 0.5) is 0 Å². The first kappa shape index (κ1) is 13.2. The Kier molecular flexibility index (Phi) is 5.01. The number of aryl methyl sites for hydroxylation is 1. The van der Waals surface area contributed by atoms with E-state index < -0.39 is 0 Å². The molecule has 0 aliphatic carbocycles. The number of hydrogen-bond acceptors (Lipinski definition) is 1.